The summed E-state index contributed by atoms with van der Waals surface area (Å²) in [7, 11) is 4.39. The molecule has 6 aromatic rings. The van der Waals surface area contributed by atoms with Crippen LogP contribution < -0.4 is 10.8 Å². The van der Waals surface area contributed by atoms with Gasteiger partial charge in [0, 0.05) is 119 Å². The number of carbonyl (C=O) groups is 9. The zero-order valence-electron chi connectivity index (χ0n) is 62.4. The number of Topliss-reactive ketones (excluding diaryl/α,β-unsaturated/α-hetero) is 2. The molecule has 21 nitrogen and oxygen atoms in total. The van der Waals surface area contributed by atoms with Crippen LogP contribution in [0.15, 0.2) is 128 Å². The Kier molecular flexibility index (Phi) is 28.4. The van der Waals surface area contributed by atoms with Crippen LogP contribution in [0.25, 0.3) is 32.7 Å². The van der Waals surface area contributed by atoms with Gasteiger partial charge >= 0.3 is 13.1 Å². The van der Waals surface area contributed by atoms with Crippen molar-refractivity contribution in [1.82, 2.24) is 39.8 Å². The molecule has 8 rings (SSSR count). The summed E-state index contributed by atoms with van der Waals surface area (Å²) in [4.78, 5) is 152. The lowest BCUT2D eigenvalue weighted by Crippen LogP contribution is -2.61. The standard InChI is InChI=1S/C71H99N7O11.C9H8BNO2/c1-17-45(9)53-39-58(79)56-32-25-33-78(56)68(85)57(37-48-28-24-30-49(35-48)54-41-72-40-50-29-22-23-31-52(50)54)74(13)67(84)55(36-47-26-20-19-21-27-47)73-64(81)61(44(7)8)76(15)69(86)62(46(10)18-2)89-70(87)63(71(11,12)88)77(16)65(82)51(34-42(3)4)38-59(80)60(43(5)6)75(14)66(53)83;12-10(13)9-6-11-5-7-3-1-2-4-8(7)9/h19-24,26-31,35,40-46,51,53,55-57,60-63,88H,17-18,25,32-34,36-39H2,1-16H3,(H,73,81);1-6,12-13H/t45?,46?,51-,53+,55?,56?,57?,60+,61+,62-,63-;/m1./s1. The van der Waals surface area contributed by atoms with Gasteiger partial charge in [-0.1, -0.05) is 179 Å². The van der Waals surface area contributed by atoms with Gasteiger partial charge in [0.05, 0.1) is 17.7 Å². The molecule has 2 aliphatic heterocycles. The molecule has 4 N–H and O–H groups in total. The zero-order chi connectivity index (χ0) is 75.2. The highest BCUT2D eigenvalue weighted by Gasteiger charge is 2.48. The number of pyridine rings is 2. The van der Waals surface area contributed by atoms with Crippen LogP contribution in [0.1, 0.15) is 139 Å². The quantitative estimate of drug-likeness (QED) is 0.0553. The van der Waals surface area contributed by atoms with Gasteiger partial charge in [0.25, 0.3) is 5.91 Å². The van der Waals surface area contributed by atoms with Crippen molar-refractivity contribution in [2.75, 3.05) is 34.7 Å². The third-order valence-corrected chi connectivity index (χ3v) is 20.5. The molecule has 4 aromatic carbocycles. The van der Waals surface area contributed by atoms with Gasteiger partial charge in [-0.3, -0.25) is 48.3 Å². The first-order valence-corrected chi connectivity index (χ1v) is 36.0. The minimum absolute atomic E-state index is 0.00473. The maximum atomic E-state index is 15.8. The number of fused-ring (bicyclic) bond motifs is 3. The molecule has 2 fully saturated rings. The number of ether oxygens (including phenoxy) is 1. The van der Waals surface area contributed by atoms with Gasteiger partial charge in [0.15, 0.2) is 23.7 Å². The van der Waals surface area contributed by atoms with Gasteiger partial charge in [0.2, 0.25) is 29.5 Å². The van der Waals surface area contributed by atoms with Crippen LogP contribution in [0.4, 0.5) is 0 Å². The second kappa shape index (κ2) is 35.9. The minimum atomic E-state index is -1.95. The van der Waals surface area contributed by atoms with Gasteiger partial charge in [-0.05, 0) is 96.1 Å². The Morgan fingerprint density at radius 1 is 0.598 bits per heavy atom. The molecular weight excluding hydrogens is 1290 g/mol. The van der Waals surface area contributed by atoms with E-state index in [1.165, 1.54) is 60.8 Å². The van der Waals surface area contributed by atoms with Crippen molar-refractivity contribution < 1.29 is 63.0 Å². The van der Waals surface area contributed by atoms with E-state index in [0.29, 0.717) is 42.3 Å². The van der Waals surface area contributed by atoms with Crippen molar-refractivity contribution >= 4 is 87.1 Å². The van der Waals surface area contributed by atoms with Gasteiger partial charge in [0.1, 0.15) is 18.1 Å². The monoisotopic (exact) mass is 1400 g/mol. The number of carbonyl (C=O) groups excluding carboxylic acids is 9. The molecule has 0 bridgehead atoms. The maximum absolute atomic E-state index is 15.8. The Balaban J connectivity index is 0.000000997. The molecule has 0 aliphatic carbocycles. The predicted octanol–water partition coefficient (Wildman–Crippen LogP) is 8.68. The Bertz CT molecular complexity index is 3910. The lowest BCUT2D eigenvalue weighted by atomic mass is 9.78. The van der Waals surface area contributed by atoms with Crippen LogP contribution >= 0.6 is 0 Å². The molecule has 6 amide bonds. The number of hydrogen-bond donors (Lipinski definition) is 4. The molecule has 11 atom stereocenters. The van der Waals surface area contributed by atoms with Crippen molar-refractivity contribution in [2.45, 2.75) is 189 Å². The van der Waals surface area contributed by atoms with Crippen LogP contribution in [-0.4, -0.2) is 192 Å². The third kappa shape index (κ3) is 19.5. The second-order valence-corrected chi connectivity index (χ2v) is 29.7. The summed E-state index contributed by atoms with van der Waals surface area (Å²) in [6, 6.07) is 24.6. The first kappa shape index (κ1) is 80.6. The number of nitrogens with one attached hydrogen (secondary N) is 1. The molecule has 5 unspecified atom stereocenters. The molecule has 4 heterocycles. The van der Waals surface area contributed by atoms with E-state index >= 15 is 28.8 Å². The van der Waals surface area contributed by atoms with E-state index < -0.39 is 132 Å². The highest BCUT2D eigenvalue weighted by molar-refractivity contribution is 6.61. The highest BCUT2D eigenvalue weighted by atomic mass is 16.6. The van der Waals surface area contributed by atoms with E-state index in [4.69, 9.17) is 14.8 Å². The number of nitrogens with zero attached hydrogens (tertiary/aromatic N) is 7. The molecule has 2 saturated heterocycles. The number of ketones is 2. The second-order valence-electron chi connectivity index (χ2n) is 29.7. The fourth-order valence-corrected chi connectivity index (χ4v) is 14.7. The molecule has 0 saturated carbocycles. The predicted molar refractivity (Wildman–Crippen MR) is 396 cm³/mol. The minimum Gasteiger partial charge on any atom is -0.450 e. The van der Waals surface area contributed by atoms with E-state index in [9.17, 15) is 19.5 Å². The summed E-state index contributed by atoms with van der Waals surface area (Å²) in [5.41, 5.74) is 1.57. The van der Waals surface area contributed by atoms with Crippen LogP contribution in [0.3, 0.4) is 0 Å². The molecule has 548 valence electrons. The fraction of sp³-hybridized carbons (Fsp3) is 0.512. The number of aromatic nitrogens is 2. The Morgan fingerprint density at radius 3 is 1.77 bits per heavy atom. The molecular formula is C80H107BN8O13. The largest absolute Gasteiger partial charge is 0.490 e. The van der Waals surface area contributed by atoms with Gasteiger partial charge in [-0.15, -0.1) is 0 Å². The van der Waals surface area contributed by atoms with Gasteiger partial charge in [-0.25, -0.2) is 4.79 Å². The molecule has 2 aliphatic rings. The van der Waals surface area contributed by atoms with E-state index in [1.54, 1.807) is 46.4 Å². The lowest BCUT2D eigenvalue weighted by Gasteiger charge is -2.39. The van der Waals surface area contributed by atoms with E-state index in [-0.39, 0.29) is 56.3 Å². The summed E-state index contributed by atoms with van der Waals surface area (Å²) < 4.78 is 6.17. The van der Waals surface area contributed by atoms with Crippen LogP contribution in [0.2, 0.25) is 0 Å². The van der Waals surface area contributed by atoms with Crippen molar-refractivity contribution in [3.63, 3.8) is 0 Å². The SMILES string of the molecule is CCC(C)[C@@H]1CC(=O)C2CCCN2C(=O)C(Cc2cccc(-c3cncc4ccccc34)c2)N(C)C(=O)C(Cc2ccccc2)NC(=O)[C@H](C(C)C)N(C)C(=O)[C@@H](C(C)CC)OC(=O)[C@H](C(C)(C)O)N(C)C(=O)[C@H](CC(C)C)CC(=O)[C@H](C(C)C)N(C)C1=O.OB(O)c1cncc2ccccc12. The number of aliphatic hydroxyl groups is 1. The van der Waals surface area contributed by atoms with Crippen molar-refractivity contribution in [3.8, 4) is 11.1 Å². The number of amides is 6. The number of hydrogen-bond acceptors (Lipinski definition) is 15. The molecule has 0 radical (unpaired) electrons. The fourth-order valence-electron chi connectivity index (χ4n) is 14.7. The van der Waals surface area contributed by atoms with Crippen molar-refractivity contribution in [1.29, 1.82) is 0 Å². The first-order valence-electron chi connectivity index (χ1n) is 36.0. The molecule has 2 aromatic heterocycles. The molecule has 102 heavy (non-hydrogen) atoms. The van der Waals surface area contributed by atoms with Crippen LogP contribution in [0, 0.1) is 41.4 Å². The number of benzene rings is 4. The smallest absolute Gasteiger partial charge is 0.450 e. The summed E-state index contributed by atoms with van der Waals surface area (Å²) >= 11 is 0. The first-order chi connectivity index (χ1) is 48.2. The summed E-state index contributed by atoms with van der Waals surface area (Å²) in [5.74, 6) is -9.53. The van der Waals surface area contributed by atoms with E-state index in [0.717, 1.165) is 37.6 Å². The Labute approximate surface area is 602 Å². The Morgan fingerprint density at radius 2 is 1.18 bits per heavy atom. The molecule has 0 spiro atoms. The summed E-state index contributed by atoms with van der Waals surface area (Å²) in [5, 5.41) is 36.5. The zero-order valence-corrected chi connectivity index (χ0v) is 62.4. The average molecular weight is 1400 g/mol. The van der Waals surface area contributed by atoms with E-state index in [1.807, 2.05) is 152 Å². The lowest BCUT2D eigenvalue weighted by molar-refractivity contribution is -0.178. The summed E-state index contributed by atoms with van der Waals surface area (Å²) in [6.07, 6.45) is 6.45. The number of rotatable bonds is 15. The van der Waals surface area contributed by atoms with Crippen molar-refractivity contribution in [3.05, 3.63) is 139 Å². The number of cyclic esters (lactones) is 1. The van der Waals surface area contributed by atoms with Crippen LogP contribution in [0.5, 0.6) is 0 Å². The van der Waals surface area contributed by atoms with E-state index in [2.05, 4.69) is 15.3 Å². The Hall–Kier alpha value is -8.73. The van der Waals surface area contributed by atoms with Crippen molar-refractivity contribution in [2.24, 2.45) is 41.4 Å². The topological polar surface area (TPSA) is 278 Å². The highest BCUT2D eigenvalue weighted by Crippen LogP contribution is 2.34. The van der Waals surface area contributed by atoms with Crippen LogP contribution in [-0.2, 0) is 60.7 Å². The number of esters is 1. The summed E-state index contributed by atoms with van der Waals surface area (Å²) in [6.45, 7) is 21.1. The van der Waals surface area contributed by atoms with Gasteiger partial charge < -0.3 is 49.7 Å². The third-order valence-electron chi connectivity index (χ3n) is 20.5. The number of likely N-dealkylation sites (N-methyl/N-ethyl adjacent to an activating group) is 4. The van der Waals surface area contributed by atoms with Gasteiger partial charge in [-0.2, -0.15) is 0 Å². The maximum Gasteiger partial charge on any atom is 0.490 e. The molecule has 22 heteroatoms. The average Bonchev–Trinajstić information content (AvgIpc) is 1.23. The normalized spacial score (nSPS) is 23.2.